The third-order valence-corrected chi connectivity index (χ3v) is 2.75. The number of hydrogen-bond donors (Lipinski definition) is 2. The molecule has 2 rings (SSSR count). The van der Waals surface area contributed by atoms with Crippen molar-refractivity contribution in [3.05, 3.63) is 59.4 Å². The lowest BCUT2D eigenvalue weighted by molar-refractivity contribution is 0.102. The Hall–Kier alpha value is -1.95. The van der Waals surface area contributed by atoms with Gasteiger partial charge in [0.05, 0.1) is 0 Å². The van der Waals surface area contributed by atoms with E-state index in [9.17, 15) is 18.0 Å². The van der Waals surface area contributed by atoms with E-state index in [1.165, 1.54) is 18.2 Å². The summed E-state index contributed by atoms with van der Waals surface area (Å²) in [5.41, 5.74) is -0.494. The highest BCUT2D eigenvalue weighted by atomic mass is 32.1. The van der Waals surface area contributed by atoms with Crippen molar-refractivity contribution >= 4 is 24.2 Å². The van der Waals surface area contributed by atoms with Gasteiger partial charge < -0.3 is 5.32 Å². The summed E-state index contributed by atoms with van der Waals surface area (Å²) in [6.07, 6.45) is 0. The van der Waals surface area contributed by atoms with Gasteiger partial charge >= 0.3 is 0 Å². The number of anilines is 1. The molecule has 0 saturated heterocycles. The molecule has 2 nitrogen and oxygen atoms in total. The third kappa shape index (κ3) is 2.90. The molecule has 0 heterocycles. The molecular formula is C13H8F3NOS. The lowest BCUT2D eigenvalue weighted by Gasteiger charge is -2.08. The van der Waals surface area contributed by atoms with E-state index in [0.29, 0.717) is 0 Å². The Morgan fingerprint density at radius 3 is 2.21 bits per heavy atom. The van der Waals surface area contributed by atoms with Crippen LogP contribution in [0.1, 0.15) is 10.4 Å². The Morgan fingerprint density at radius 1 is 1.00 bits per heavy atom. The molecule has 0 atom stereocenters. The first kappa shape index (κ1) is 13.5. The number of benzene rings is 2. The van der Waals surface area contributed by atoms with Crippen LogP contribution >= 0.6 is 12.6 Å². The van der Waals surface area contributed by atoms with E-state index < -0.39 is 29.0 Å². The normalized spacial score (nSPS) is 10.3. The van der Waals surface area contributed by atoms with Crippen molar-refractivity contribution in [1.82, 2.24) is 0 Å². The molecule has 6 heteroatoms. The highest BCUT2D eigenvalue weighted by molar-refractivity contribution is 7.80. The fraction of sp³-hybridized carbons (Fsp3) is 0. The van der Waals surface area contributed by atoms with E-state index >= 15 is 0 Å². The summed E-state index contributed by atoms with van der Waals surface area (Å²) < 4.78 is 39.7. The van der Waals surface area contributed by atoms with Crippen LogP contribution in [0.2, 0.25) is 0 Å². The van der Waals surface area contributed by atoms with Crippen LogP contribution in [0.25, 0.3) is 0 Å². The van der Waals surface area contributed by atoms with Crippen molar-refractivity contribution in [2.24, 2.45) is 0 Å². The van der Waals surface area contributed by atoms with Gasteiger partial charge in [0.2, 0.25) is 0 Å². The van der Waals surface area contributed by atoms with Gasteiger partial charge in [-0.3, -0.25) is 4.79 Å². The third-order valence-electron chi connectivity index (χ3n) is 2.41. The standard InChI is InChI=1S/C13H8F3NOS/c14-8-5-4-7(6-11(8)19)13(18)17-12-9(15)2-1-3-10(12)16/h1-6,19H,(H,17,18). The van der Waals surface area contributed by atoms with Crippen LogP contribution in [-0.4, -0.2) is 5.91 Å². The van der Waals surface area contributed by atoms with E-state index in [1.807, 2.05) is 0 Å². The first-order valence-electron chi connectivity index (χ1n) is 5.23. The molecule has 1 amide bonds. The highest BCUT2D eigenvalue weighted by Gasteiger charge is 2.14. The van der Waals surface area contributed by atoms with Crippen LogP contribution in [-0.2, 0) is 0 Å². The molecule has 19 heavy (non-hydrogen) atoms. The van der Waals surface area contributed by atoms with Gasteiger partial charge in [0.15, 0.2) is 0 Å². The Balaban J connectivity index is 2.28. The molecule has 2 aromatic carbocycles. The predicted octanol–water partition coefficient (Wildman–Crippen LogP) is 3.64. The minimum Gasteiger partial charge on any atom is -0.317 e. The first-order valence-corrected chi connectivity index (χ1v) is 5.67. The number of para-hydroxylation sites is 1. The fourth-order valence-electron chi connectivity index (χ4n) is 1.46. The second-order valence-electron chi connectivity index (χ2n) is 3.72. The summed E-state index contributed by atoms with van der Waals surface area (Å²) >= 11 is 3.83. The first-order chi connectivity index (χ1) is 8.99. The van der Waals surface area contributed by atoms with E-state index in [4.69, 9.17) is 0 Å². The lowest BCUT2D eigenvalue weighted by Crippen LogP contribution is -2.14. The highest BCUT2D eigenvalue weighted by Crippen LogP contribution is 2.20. The Labute approximate surface area is 112 Å². The molecule has 0 aliphatic carbocycles. The van der Waals surface area contributed by atoms with Gasteiger partial charge in [-0.15, -0.1) is 12.6 Å². The Morgan fingerprint density at radius 2 is 1.63 bits per heavy atom. The summed E-state index contributed by atoms with van der Waals surface area (Å²) in [6, 6.07) is 6.65. The van der Waals surface area contributed by atoms with E-state index in [2.05, 4.69) is 17.9 Å². The zero-order valence-electron chi connectivity index (χ0n) is 9.45. The number of rotatable bonds is 2. The van der Waals surface area contributed by atoms with Crippen molar-refractivity contribution in [2.45, 2.75) is 4.90 Å². The van der Waals surface area contributed by atoms with Crippen LogP contribution in [0, 0.1) is 17.5 Å². The van der Waals surface area contributed by atoms with E-state index in [1.54, 1.807) is 0 Å². The van der Waals surface area contributed by atoms with Crippen LogP contribution < -0.4 is 5.32 Å². The number of carbonyl (C=O) groups is 1. The van der Waals surface area contributed by atoms with Crippen LogP contribution in [0.5, 0.6) is 0 Å². The molecule has 2 aromatic rings. The molecule has 0 spiro atoms. The maximum absolute atomic E-state index is 13.3. The van der Waals surface area contributed by atoms with E-state index in [-0.39, 0.29) is 10.5 Å². The molecule has 0 fully saturated rings. The summed E-state index contributed by atoms with van der Waals surface area (Å²) in [5.74, 6) is -3.11. The summed E-state index contributed by atoms with van der Waals surface area (Å²) in [7, 11) is 0. The zero-order chi connectivity index (χ0) is 14.0. The number of thiol groups is 1. The largest absolute Gasteiger partial charge is 0.317 e. The molecule has 1 N–H and O–H groups in total. The number of carbonyl (C=O) groups excluding carboxylic acids is 1. The van der Waals surface area contributed by atoms with Crippen LogP contribution in [0.15, 0.2) is 41.3 Å². The second-order valence-corrected chi connectivity index (χ2v) is 4.20. The maximum Gasteiger partial charge on any atom is 0.255 e. The fourth-order valence-corrected chi connectivity index (χ4v) is 1.67. The van der Waals surface area contributed by atoms with Gasteiger partial charge in [0.1, 0.15) is 23.1 Å². The molecule has 0 bridgehead atoms. The molecule has 98 valence electrons. The number of amides is 1. The van der Waals surface area contributed by atoms with Crippen molar-refractivity contribution in [1.29, 1.82) is 0 Å². The van der Waals surface area contributed by atoms with Gasteiger partial charge in [0.25, 0.3) is 5.91 Å². The molecule has 0 aromatic heterocycles. The smallest absolute Gasteiger partial charge is 0.255 e. The summed E-state index contributed by atoms with van der Waals surface area (Å²) in [6.45, 7) is 0. The van der Waals surface area contributed by atoms with Gasteiger partial charge in [-0.05, 0) is 30.3 Å². The van der Waals surface area contributed by atoms with Crippen LogP contribution in [0.4, 0.5) is 18.9 Å². The van der Waals surface area contributed by atoms with Crippen molar-refractivity contribution in [2.75, 3.05) is 5.32 Å². The minimum atomic E-state index is -0.887. The molecule has 0 radical (unpaired) electrons. The van der Waals surface area contributed by atoms with Crippen molar-refractivity contribution in [3.63, 3.8) is 0 Å². The Bertz CT molecular complexity index is 626. The minimum absolute atomic E-state index is 0.0262. The monoisotopic (exact) mass is 283 g/mol. The van der Waals surface area contributed by atoms with Gasteiger partial charge in [-0.25, -0.2) is 13.2 Å². The van der Waals surface area contributed by atoms with Crippen molar-refractivity contribution < 1.29 is 18.0 Å². The molecule has 0 aliphatic heterocycles. The Kier molecular flexibility index (Phi) is 3.80. The average molecular weight is 283 g/mol. The molecular weight excluding hydrogens is 275 g/mol. The van der Waals surface area contributed by atoms with Crippen molar-refractivity contribution in [3.8, 4) is 0 Å². The maximum atomic E-state index is 13.3. The zero-order valence-corrected chi connectivity index (χ0v) is 10.3. The van der Waals surface area contributed by atoms with Gasteiger partial charge in [-0.1, -0.05) is 6.07 Å². The topological polar surface area (TPSA) is 29.1 Å². The second kappa shape index (κ2) is 5.36. The summed E-state index contributed by atoms with van der Waals surface area (Å²) in [5, 5.41) is 2.10. The lowest BCUT2D eigenvalue weighted by atomic mass is 10.2. The van der Waals surface area contributed by atoms with Gasteiger partial charge in [-0.2, -0.15) is 0 Å². The number of hydrogen-bond acceptors (Lipinski definition) is 2. The molecule has 0 aliphatic rings. The quantitative estimate of drug-likeness (QED) is 0.809. The number of halogens is 3. The summed E-state index contributed by atoms with van der Waals surface area (Å²) in [4.78, 5) is 11.8. The van der Waals surface area contributed by atoms with Crippen LogP contribution in [0.3, 0.4) is 0 Å². The molecule has 0 saturated carbocycles. The van der Waals surface area contributed by atoms with Gasteiger partial charge in [0, 0.05) is 10.5 Å². The number of nitrogens with one attached hydrogen (secondary N) is 1. The SMILES string of the molecule is O=C(Nc1c(F)cccc1F)c1ccc(F)c(S)c1. The van der Waals surface area contributed by atoms with E-state index in [0.717, 1.165) is 18.2 Å². The predicted molar refractivity (Wildman–Crippen MR) is 68.0 cm³/mol. The molecule has 0 unspecified atom stereocenters. The average Bonchev–Trinajstić information content (AvgIpc) is 2.37.